The maximum atomic E-state index is 4.55. The van der Waals surface area contributed by atoms with Gasteiger partial charge < -0.3 is 0 Å². The van der Waals surface area contributed by atoms with E-state index in [2.05, 4.69) is 46.8 Å². The standard InChI is InChI=1S/C12H10N2S.BrH/c1-9-2-4-10(5-3-9)11-8-14-6-7-15-12(14)13-11;/h2-8H,1H3;1H. The van der Waals surface area contributed by atoms with E-state index in [1.165, 1.54) is 11.1 Å². The first kappa shape index (κ1) is 11.4. The summed E-state index contributed by atoms with van der Waals surface area (Å²) in [6.45, 7) is 2.09. The molecule has 0 radical (unpaired) electrons. The number of rotatable bonds is 1. The maximum absolute atomic E-state index is 4.55. The Morgan fingerprint density at radius 3 is 2.62 bits per heavy atom. The van der Waals surface area contributed by atoms with Crippen molar-refractivity contribution in [1.82, 2.24) is 9.38 Å². The average molecular weight is 295 g/mol. The third-order valence-corrected chi connectivity index (χ3v) is 3.21. The zero-order valence-electron chi connectivity index (χ0n) is 8.75. The fourth-order valence-corrected chi connectivity index (χ4v) is 2.29. The number of fused-ring (bicyclic) bond motifs is 1. The number of nitrogens with zero attached hydrogens (tertiary/aromatic N) is 2. The topological polar surface area (TPSA) is 17.3 Å². The van der Waals surface area contributed by atoms with Gasteiger partial charge in [-0.25, -0.2) is 4.98 Å². The Labute approximate surface area is 108 Å². The lowest BCUT2D eigenvalue weighted by molar-refractivity contribution is 1.23. The van der Waals surface area contributed by atoms with Crippen molar-refractivity contribution in [2.45, 2.75) is 6.92 Å². The molecule has 2 heterocycles. The highest BCUT2D eigenvalue weighted by Gasteiger charge is 2.03. The SMILES string of the molecule is Br.Cc1ccc(-c2cn3ccsc3n2)cc1. The molecule has 1 aromatic carbocycles. The maximum Gasteiger partial charge on any atom is 0.194 e. The van der Waals surface area contributed by atoms with Gasteiger partial charge in [0.25, 0.3) is 0 Å². The summed E-state index contributed by atoms with van der Waals surface area (Å²) in [5.41, 5.74) is 3.50. The molecule has 0 bridgehead atoms. The van der Waals surface area contributed by atoms with E-state index in [-0.39, 0.29) is 17.0 Å². The van der Waals surface area contributed by atoms with Gasteiger partial charge in [-0.3, -0.25) is 4.40 Å². The number of thiazole rings is 1. The molecule has 0 N–H and O–H groups in total. The summed E-state index contributed by atoms with van der Waals surface area (Å²) < 4.78 is 2.06. The van der Waals surface area contributed by atoms with Crippen LogP contribution >= 0.6 is 28.3 Å². The van der Waals surface area contributed by atoms with Gasteiger partial charge >= 0.3 is 0 Å². The Bertz CT molecular complexity index is 566. The van der Waals surface area contributed by atoms with Crippen LogP contribution in [-0.4, -0.2) is 9.38 Å². The first-order valence-electron chi connectivity index (χ1n) is 4.82. The summed E-state index contributed by atoms with van der Waals surface area (Å²) in [6.07, 6.45) is 4.10. The lowest BCUT2D eigenvalue weighted by Crippen LogP contribution is -1.77. The van der Waals surface area contributed by atoms with E-state index in [0.717, 1.165) is 10.7 Å². The quantitative estimate of drug-likeness (QED) is 0.664. The van der Waals surface area contributed by atoms with Crippen LogP contribution in [0.3, 0.4) is 0 Å². The Morgan fingerprint density at radius 1 is 1.19 bits per heavy atom. The molecule has 0 aliphatic rings. The van der Waals surface area contributed by atoms with Crippen LogP contribution in [0.5, 0.6) is 0 Å². The predicted octanol–water partition coefficient (Wildman–Crippen LogP) is 3.95. The Morgan fingerprint density at radius 2 is 1.94 bits per heavy atom. The summed E-state index contributed by atoms with van der Waals surface area (Å²) in [4.78, 5) is 5.60. The van der Waals surface area contributed by atoms with Gasteiger partial charge in [0.15, 0.2) is 4.96 Å². The number of halogens is 1. The normalized spacial score (nSPS) is 10.3. The van der Waals surface area contributed by atoms with Crippen LogP contribution in [0.2, 0.25) is 0 Å². The van der Waals surface area contributed by atoms with E-state index >= 15 is 0 Å². The van der Waals surface area contributed by atoms with Gasteiger partial charge in [0, 0.05) is 23.3 Å². The van der Waals surface area contributed by atoms with E-state index in [0.29, 0.717) is 0 Å². The minimum atomic E-state index is 0. The molecule has 0 atom stereocenters. The number of aromatic nitrogens is 2. The van der Waals surface area contributed by atoms with Crippen molar-refractivity contribution in [1.29, 1.82) is 0 Å². The molecule has 0 spiro atoms. The van der Waals surface area contributed by atoms with Crippen molar-refractivity contribution in [3.8, 4) is 11.3 Å². The summed E-state index contributed by atoms with van der Waals surface area (Å²) in [6, 6.07) is 8.45. The van der Waals surface area contributed by atoms with E-state index in [9.17, 15) is 0 Å². The van der Waals surface area contributed by atoms with E-state index in [1.807, 2.05) is 11.6 Å². The first-order chi connectivity index (χ1) is 7.33. The number of aryl methyl sites for hydroxylation is 1. The van der Waals surface area contributed by atoms with Crippen molar-refractivity contribution in [3.63, 3.8) is 0 Å². The summed E-state index contributed by atoms with van der Waals surface area (Å²) in [7, 11) is 0. The zero-order valence-corrected chi connectivity index (χ0v) is 11.3. The molecule has 4 heteroatoms. The smallest absolute Gasteiger partial charge is 0.194 e. The molecule has 82 valence electrons. The zero-order chi connectivity index (χ0) is 10.3. The molecule has 0 unspecified atom stereocenters. The Balaban J connectivity index is 0.000000963. The van der Waals surface area contributed by atoms with Gasteiger partial charge in [0.1, 0.15) is 0 Å². The van der Waals surface area contributed by atoms with Crippen molar-refractivity contribution in [3.05, 3.63) is 47.6 Å². The molecule has 0 aliphatic heterocycles. The first-order valence-corrected chi connectivity index (χ1v) is 5.70. The van der Waals surface area contributed by atoms with Gasteiger partial charge in [-0.15, -0.1) is 28.3 Å². The highest BCUT2D eigenvalue weighted by molar-refractivity contribution is 8.93. The second-order valence-corrected chi connectivity index (χ2v) is 4.46. The van der Waals surface area contributed by atoms with Gasteiger partial charge in [-0.05, 0) is 6.92 Å². The Kier molecular flexibility index (Phi) is 3.12. The van der Waals surface area contributed by atoms with Gasteiger partial charge in [0.05, 0.1) is 5.69 Å². The predicted molar refractivity (Wildman–Crippen MR) is 73.6 cm³/mol. The average Bonchev–Trinajstić information content (AvgIpc) is 2.78. The number of benzene rings is 1. The highest BCUT2D eigenvalue weighted by atomic mass is 79.9. The third-order valence-electron chi connectivity index (χ3n) is 2.44. The molecule has 0 saturated carbocycles. The molecule has 2 nitrogen and oxygen atoms in total. The van der Waals surface area contributed by atoms with E-state index < -0.39 is 0 Å². The largest absolute Gasteiger partial charge is 0.297 e. The minimum Gasteiger partial charge on any atom is -0.297 e. The van der Waals surface area contributed by atoms with Crippen LogP contribution in [0.4, 0.5) is 0 Å². The molecule has 0 aliphatic carbocycles. The van der Waals surface area contributed by atoms with Crippen molar-refractivity contribution in [2.24, 2.45) is 0 Å². The molecular formula is C12H11BrN2S. The van der Waals surface area contributed by atoms with Gasteiger partial charge in [-0.1, -0.05) is 29.8 Å². The van der Waals surface area contributed by atoms with Crippen molar-refractivity contribution < 1.29 is 0 Å². The second-order valence-electron chi connectivity index (χ2n) is 3.59. The van der Waals surface area contributed by atoms with Gasteiger partial charge in [-0.2, -0.15) is 0 Å². The third kappa shape index (κ3) is 1.90. The molecular weight excluding hydrogens is 284 g/mol. The van der Waals surface area contributed by atoms with Crippen LogP contribution in [0.25, 0.3) is 16.2 Å². The fraction of sp³-hybridized carbons (Fsp3) is 0.0833. The number of hydrogen-bond donors (Lipinski definition) is 0. The van der Waals surface area contributed by atoms with Crippen LogP contribution < -0.4 is 0 Å². The molecule has 0 fully saturated rings. The highest BCUT2D eigenvalue weighted by Crippen LogP contribution is 2.21. The summed E-state index contributed by atoms with van der Waals surface area (Å²) in [5, 5.41) is 2.04. The van der Waals surface area contributed by atoms with Crippen LogP contribution in [0.15, 0.2) is 42.0 Å². The minimum absolute atomic E-state index is 0. The van der Waals surface area contributed by atoms with E-state index in [1.54, 1.807) is 11.3 Å². The van der Waals surface area contributed by atoms with Crippen LogP contribution in [0, 0.1) is 6.92 Å². The molecule has 16 heavy (non-hydrogen) atoms. The number of imidazole rings is 1. The molecule has 3 aromatic rings. The molecule has 3 rings (SSSR count). The van der Waals surface area contributed by atoms with Crippen molar-refractivity contribution >= 4 is 33.3 Å². The lowest BCUT2D eigenvalue weighted by atomic mass is 10.1. The van der Waals surface area contributed by atoms with Crippen LogP contribution in [-0.2, 0) is 0 Å². The van der Waals surface area contributed by atoms with Crippen molar-refractivity contribution in [2.75, 3.05) is 0 Å². The number of hydrogen-bond acceptors (Lipinski definition) is 2. The Hall–Kier alpha value is -1.13. The molecule has 0 amide bonds. The summed E-state index contributed by atoms with van der Waals surface area (Å²) in [5.74, 6) is 0. The fourth-order valence-electron chi connectivity index (χ4n) is 1.59. The van der Waals surface area contributed by atoms with Gasteiger partial charge in [0.2, 0.25) is 0 Å². The second kappa shape index (κ2) is 4.39. The molecule has 2 aromatic heterocycles. The summed E-state index contributed by atoms with van der Waals surface area (Å²) >= 11 is 1.66. The molecule has 0 saturated heterocycles. The lowest BCUT2D eigenvalue weighted by Gasteiger charge is -1.96. The van der Waals surface area contributed by atoms with E-state index in [4.69, 9.17) is 0 Å². The van der Waals surface area contributed by atoms with Crippen LogP contribution in [0.1, 0.15) is 5.56 Å². The monoisotopic (exact) mass is 294 g/mol.